The molecule has 0 heterocycles. The molecule has 1 aromatic rings. The van der Waals surface area contributed by atoms with Crippen molar-refractivity contribution >= 4 is 11.7 Å². The van der Waals surface area contributed by atoms with Crippen molar-refractivity contribution in [1.82, 2.24) is 0 Å². The van der Waals surface area contributed by atoms with Gasteiger partial charge in [-0.2, -0.15) is 0 Å². The van der Waals surface area contributed by atoms with E-state index >= 15 is 0 Å². The lowest BCUT2D eigenvalue weighted by Gasteiger charge is -2.24. The molecule has 3 rings (SSSR count). The Balaban J connectivity index is 1.49. The maximum Gasteiger partial charge on any atom is 0.309 e. The van der Waals surface area contributed by atoms with Gasteiger partial charge < -0.3 is 9.64 Å². The highest BCUT2D eigenvalue weighted by molar-refractivity contribution is 5.74. The molecule has 118 valence electrons. The van der Waals surface area contributed by atoms with Crippen molar-refractivity contribution < 1.29 is 9.53 Å². The van der Waals surface area contributed by atoms with Gasteiger partial charge in [-0.15, -0.1) is 0 Å². The first kappa shape index (κ1) is 15.1. The van der Waals surface area contributed by atoms with E-state index in [2.05, 4.69) is 55.2 Å². The van der Waals surface area contributed by atoms with Crippen molar-refractivity contribution in [3.05, 3.63) is 42.0 Å². The molecule has 2 aliphatic carbocycles. The maximum absolute atomic E-state index is 12.2. The monoisotopic (exact) mass is 299 g/mol. The number of rotatable bonds is 6. The number of anilines is 1. The van der Waals surface area contributed by atoms with Crippen LogP contribution in [0.4, 0.5) is 5.69 Å². The summed E-state index contributed by atoms with van der Waals surface area (Å²) >= 11 is 0. The first-order valence-corrected chi connectivity index (χ1v) is 8.34. The quantitative estimate of drug-likeness (QED) is 0.594. The van der Waals surface area contributed by atoms with Gasteiger partial charge in [0.2, 0.25) is 0 Å². The minimum absolute atomic E-state index is 0.00264. The zero-order chi connectivity index (χ0) is 15.5. The van der Waals surface area contributed by atoms with E-state index in [-0.39, 0.29) is 11.9 Å². The van der Waals surface area contributed by atoms with Crippen molar-refractivity contribution in [3.63, 3.8) is 0 Å². The van der Waals surface area contributed by atoms with Gasteiger partial charge in [-0.25, -0.2) is 0 Å². The highest BCUT2D eigenvalue weighted by Crippen LogP contribution is 2.43. The molecule has 2 aliphatic rings. The number of hydrogen-bond acceptors (Lipinski definition) is 3. The Morgan fingerprint density at radius 1 is 1.32 bits per heavy atom. The number of fused-ring (bicyclic) bond motifs is 2. The van der Waals surface area contributed by atoms with Crippen LogP contribution in [-0.2, 0) is 9.53 Å². The fraction of sp³-hybridized carbons (Fsp3) is 0.526. The molecule has 0 radical (unpaired) electrons. The molecule has 1 aromatic carbocycles. The van der Waals surface area contributed by atoms with Gasteiger partial charge in [0, 0.05) is 12.2 Å². The third-order valence-electron chi connectivity index (χ3n) is 4.94. The van der Waals surface area contributed by atoms with E-state index in [0.717, 1.165) is 25.9 Å². The summed E-state index contributed by atoms with van der Waals surface area (Å²) < 4.78 is 5.55. The number of aryl methyl sites for hydroxylation is 1. The minimum Gasteiger partial charge on any atom is -0.464 e. The topological polar surface area (TPSA) is 29.5 Å². The lowest BCUT2D eigenvalue weighted by atomic mass is 9.94. The average Bonchev–Trinajstić information content (AvgIpc) is 3.14. The lowest BCUT2D eigenvalue weighted by molar-refractivity contribution is -0.149. The van der Waals surface area contributed by atoms with E-state index in [0.29, 0.717) is 18.4 Å². The summed E-state index contributed by atoms with van der Waals surface area (Å²) in [5.74, 6) is 1.14. The van der Waals surface area contributed by atoms with E-state index < -0.39 is 0 Å². The zero-order valence-corrected chi connectivity index (χ0v) is 13.5. The van der Waals surface area contributed by atoms with Crippen molar-refractivity contribution in [2.24, 2.45) is 17.8 Å². The summed E-state index contributed by atoms with van der Waals surface area (Å²) in [4.78, 5) is 14.5. The van der Waals surface area contributed by atoms with Crippen LogP contribution in [0, 0.1) is 24.7 Å². The second-order valence-electron chi connectivity index (χ2n) is 6.47. The van der Waals surface area contributed by atoms with Crippen LogP contribution in [0.3, 0.4) is 0 Å². The molecule has 0 aromatic heterocycles. The molecular formula is C19H25NO2. The molecule has 0 spiro atoms. The summed E-state index contributed by atoms with van der Waals surface area (Å²) in [7, 11) is 0. The zero-order valence-electron chi connectivity index (χ0n) is 13.5. The number of carbonyl (C=O) groups excluding carboxylic acids is 1. The van der Waals surface area contributed by atoms with Crippen molar-refractivity contribution in [3.8, 4) is 0 Å². The molecular weight excluding hydrogens is 274 g/mol. The van der Waals surface area contributed by atoms with Gasteiger partial charge in [0.05, 0.1) is 12.5 Å². The fourth-order valence-electron chi connectivity index (χ4n) is 3.71. The Bertz CT molecular complexity index is 566. The van der Waals surface area contributed by atoms with Crippen LogP contribution >= 0.6 is 0 Å². The number of hydrogen-bond donors (Lipinski definition) is 0. The maximum atomic E-state index is 12.2. The molecule has 0 aliphatic heterocycles. The highest BCUT2D eigenvalue weighted by Gasteiger charge is 2.40. The summed E-state index contributed by atoms with van der Waals surface area (Å²) in [5.41, 5.74) is 2.45. The Kier molecular flexibility index (Phi) is 4.51. The van der Waals surface area contributed by atoms with Crippen LogP contribution in [0.15, 0.2) is 36.4 Å². The van der Waals surface area contributed by atoms with E-state index in [1.807, 2.05) is 0 Å². The average molecular weight is 299 g/mol. The van der Waals surface area contributed by atoms with Gasteiger partial charge in [0.25, 0.3) is 0 Å². The smallest absolute Gasteiger partial charge is 0.309 e. The molecule has 0 N–H and O–H groups in total. The van der Waals surface area contributed by atoms with Crippen molar-refractivity contribution in [1.29, 1.82) is 0 Å². The van der Waals surface area contributed by atoms with Gasteiger partial charge in [-0.3, -0.25) is 4.79 Å². The van der Waals surface area contributed by atoms with Crippen LogP contribution < -0.4 is 4.90 Å². The standard InChI is InChI=1S/C19H25NO2/c1-3-20(17-6-4-5-14(2)11-17)9-10-22-19(21)18-13-15-7-8-16(18)12-15/h4-8,11,15-16,18H,3,9-10,12-13H2,1-2H3. The Morgan fingerprint density at radius 2 is 2.18 bits per heavy atom. The first-order valence-electron chi connectivity index (χ1n) is 8.34. The van der Waals surface area contributed by atoms with Crippen molar-refractivity contribution in [2.45, 2.75) is 26.7 Å². The Morgan fingerprint density at radius 3 is 2.82 bits per heavy atom. The predicted molar refractivity (Wildman–Crippen MR) is 88.9 cm³/mol. The molecule has 0 saturated heterocycles. The van der Waals surface area contributed by atoms with Crippen LogP contribution in [0.25, 0.3) is 0 Å². The predicted octanol–water partition coefficient (Wildman–Crippen LogP) is 3.58. The molecule has 2 bridgehead atoms. The second-order valence-corrected chi connectivity index (χ2v) is 6.47. The molecule has 3 unspecified atom stereocenters. The third kappa shape index (κ3) is 3.18. The van der Waals surface area contributed by atoms with Crippen LogP contribution in [0.2, 0.25) is 0 Å². The Labute approximate surface area is 133 Å². The van der Waals surface area contributed by atoms with Gasteiger partial charge in [-0.05, 0) is 56.2 Å². The van der Waals surface area contributed by atoms with E-state index in [4.69, 9.17) is 4.74 Å². The van der Waals surface area contributed by atoms with Crippen molar-refractivity contribution in [2.75, 3.05) is 24.6 Å². The van der Waals surface area contributed by atoms with Crippen LogP contribution in [0.5, 0.6) is 0 Å². The van der Waals surface area contributed by atoms with E-state index in [1.54, 1.807) is 0 Å². The highest BCUT2D eigenvalue weighted by atomic mass is 16.5. The Hall–Kier alpha value is -1.77. The molecule has 3 heteroatoms. The molecule has 0 amide bonds. The fourth-order valence-corrected chi connectivity index (χ4v) is 3.71. The van der Waals surface area contributed by atoms with Gasteiger partial charge in [0.1, 0.15) is 6.61 Å². The first-order chi connectivity index (χ1) is 10.7. The van der Waals surface area contributed by atoms with Gasteiger partial charge >= 0.3 is 5.97 Å². The number of allylic oxidation sites excluding steroid dienone is 2. The number of likely N-dealkylation sites (N-methyl/N-ethyl adjacent to an activating group) is 1. The van der Waals surface area contributed by atoms with E-state index in [9.17, 15) is 4.79 Å². The molecule has 22 heavy (non-hydrogen) atoms. The lowest BCUT2D eigenvalue weighted by Crippen LogP contribution is -2.30. The number of benzene rings is 1. The summed E-state index contributed by atoms with van der Waals surface area (Å²) in [6, 6.07) is 8.45. The number of ether oxygens (including phenoxy) is 1. The SMILES string of the molecule is CCN(CCOC(=O)C1CC2C=CC1C2)c1cccc(C)c1. The molecule has 3 nitrogen and oxygen atoms in total. The summed E-state index contributed by atoms with van der Waals surface area (Å²) in [5, 5.41) is 0. The van der Waals surface area contributed by atoms with E-state index in [1.165, 1.54) is 11.3 Å². The number of carbonyl (C=O) groups is 1. The summed E-state index contributed by atoms with van der Waals surface area (Å²) in [6.45, 7) is 6.36. The van der Waals surface area contributed by atoms with Gasteiger partial charge in [0.15, 0.2) is 0 Å². The minimum atomic E-state index is -0.00264. The summed E-state index contributed by atoms with van der Waals surface area (Å²) in [6.07, 6.45) is 6.58. The third-order valence-corrected chi connectivity index (χ3v) is 4.94. The second kappa shape index (κ2) is 6.55. The number of esters is 1. The van der Waals surface area contributed by atoms with Crippen LogP contribution in [-0.4, -0.2) is 25.7 Å². The van der Waals surface area contributed by atoms with Crippen LogP contribution in [0.1, 0.15) is 25.3 Å². The molecule has 3 atom stereocenters. The normalized spacial score (nSPS) is 25.5. The largest absolute Gasteiger partial charge is 0.464 e. The van der Waals surface area contributed by atoms with Gasteiger partial charge in [-0.1, -0.05) is 24.3 Å². The molecule has 1 saturated carbocycles. The molecule has 1 fully saturated rings. The number of nitrogens with zero attached hydrogens (tertiary/aromatic N) is 1.